The predicted molar refractivity (Wildman–Crippen MR) is 68.5 cm³/mol. The van der Waals surface area contributed by atoms with Crippen molar-refractivity contribution in [1.29, 1.82) is 0 Å². The van der Waals surface area contributed by atoms with Crippen molar-refractivity contribution in [2.24, 2.45) is 4.99 Å². The molecule has 0 spiro atoms. The van der Waals surface area contributed by atoms with E-state index >= 15 is 0 Å². The Morgan fingerprint density at radius 1 is 1.47 bits per heavy atom. The molecule has 1 aromatic carbocycles. The van der Waals surface area contributed by atoms with E-state index in [1.54, 1.807) is 18.2 Å². The molecule has 1 amide bonds. The molecule has 2 rings (SSSR count). The van der Waals surface area contributed by atoms with Gasteiger partial charge in [-0.1, -0.05) is 23.9 Å². The summed E-state index contributed by atoms with van der Waals surface area (Å²) in [5.74, 6) is 0.589. The Balaban J connectivity index is 2.10. The third kappa shape index (κ3) is 3.09. The molecule has 0 aromatic heterocycles. The zero-order valence-electron chi connectivity index (χ0n) is 8.96. The van der Waals surface area contributed by atoms with Crippen LogP contribution in [0.3, 0.4) is 0 Å². The van der Waals surface area contributed by atoms with E-state index in [0.717, 1.165) is 12.3 Å². The molecule has 3 N–H and O–H groups in total. The summed E-state index contributed by atoms with van der Waals surface area (Å²) in [5.41, 5.74) is 0.671. The highest BCUT2D eigenvalue weighted by molar-refractivity contribution is 8.14. The zero-order chi connectivity index (χ0) is 12.3. The second-order valence-corrected chi connectivity index (χ2v) is 4.57. The van der Waals surface area contributed by atoms with Gasteiger partial charge in [0, 0.05) is 11.3 Å². The van der Waals surface area contributed by atoms with Gasteiger partial charge in [0.25, 0.3) is 5.91 Å². The Morgan fingerprint density at radius 3 is 2.94 bits per heavy atom. The van der Waals surface area contributed by atoms with Gasteiger partial charge < -0.3 is 15.4 Å². The van der Waals surface area contributed by atoms with Gasteiger partial charge in [-0.25, -0.2) is 0 Å². The fourth-order valence-corrected chi connectivity index (χ4v) is 2.14. The minimum atomic E-state index is -1.57. The number of thioether (sulfide) groups is 1. The van der Waals surface area contributed by atoms with Crippen molar-refractivity contribution >= 4 is 35.4 Å². The van der Waals surface area contributed by atoms with Gasteiger partial charge in [0.05, 0.1) is 6.54 Å². The van der Waals surface area contributed by atoms with Crippen LogP contribution in [-0.4, -0.2) is 40.5 Å². The quantitative estimate of drug-likeness (QED) is 0.600. The van der Waals surface area contributed by atoms with Crippen LogP contribution in [0.5, 0.6) is 0 Å². The second-order valence-electron chi connectivity index (χ2n) is 3.49. The Hall–Kier alpha value is -1.31. The maximum absolute atomic E-state index is 11.8. The van der Waals surface area contributed by atoms with Crippen molar-refractivity contribution in [3.63, 3.8) is 0 Å². The van der Waals surface area contributed by atoms with Crippen LogP contribution in [-0.2, 0) is 0 Å². The first-order valence-electron chi connectivity index (χ1n) is 5.11. The highest BCUT2D eigenvalue weighted by Crippen LogP contribution is 2.09. The molecule has 1 aromatic rings. The van der Waals surface area contributed by atoms with Gasteiger partial charge in [0.2, 0.25) is 0 Å². The van der Waals surface area contributed by atoms with Gasteiger partial charge >= 0.3 is 7.12 Å². The van der Waals surface area contributed by atoms with Crippen LogP contribution >= 0.6 is 11.8 Å². The third-order valence-electron chi connectivity index (χ3n) is 2.25. The molecule has 0 unspecified atom stereocenters. The molecular weight excluding hydrogens is 239 g/mol. The molecule has 0 saturated carbocycles. The fourth-order valence-electron chi connectivity index (χ4n) is 1.42. The molecule has 7 heteroatoms. The highest BCUT2D eigenvalue weighted by atomic mass is 32.2. The summed E-state index contributed by atoms with van der Waals surface area (Å²) in [6, 6.07) is 6.21. The lowest BCUT2D eigenvalue weighted by Gasteiger charge is -2.05. The van der Waals surface area contributed by atoms with Crippen LogP contribution in [0.15, 0.2) is 29.3 Å². The lowest BCUT2D eigenvalue weighted by atomic mass is 9.79. The predicted octanol–water partition coefficient (Wildman–Crippen LogP) is -0.801. The van der Waals surface area contributed by atoms with E-state index in [0.29, 0.717) is 16.2 Å². The summed E-state index contributed by atoms with van der Waals surface area (Å²) in [4.78, 5) is 15.9. The summed E-state index contributed by atoms with van der Waals surface area (Å²) in [6.07, 6.45) is 0. The van der Waals surface area contributed by atoms with Crippen LogP contribution < -0.4 is 10.8 Å². The lowest BCUT2D eigenvalue weighted by molar-refractivity contribution is 0.0978. The first kappa shape index (κ1) is 12.2. The van der Waals surface area contributed by atoms with Gasteiger partial charge in [0.1, 0.15) is 0 Å². The zero-order valence-corrected chi connectivity index (χ0v) is 9.78. The molecule has 1 aliphatic heterocycles. The third-order valence-corrected chi connectivity index (χ3v) is 3.14. The average Bonchev–Trinajstić information content (AvgIpc) is 2.82. The molecule has 0 aliphatic carbocycles. The Kier molecular flexibility index (Phi) is 3.83. The summed E-state index contributed by atoms with van der Waals surface area (Å²) in [5, 5.41) is 21.3. The summed E-state index contributed by atoms with van der Waals surface area (Å²) in [7, 11) is -1.57. The normalized spacial score (nSPS) is 14.4. The number of amidine groups is 1. The van der Waals surface area contributed by atoms with Crippen molar-refractivity contribution in [2.45, 2.75) is 0 Å². The number of hydrogen-bond donors (Lipinski definition) is 3. The number of nitrogens with one attached hydrogen (secondary N) is 1. The fraction of sp³-hybridized carbons (Fsp3) is 0.200. The van der Waals surface area contributed by atoms with Gasteiger partial charge in [-0.2, -0.15) is 0 Å². The molecule has 0 radical (unpaired) electrons. The van der Waals surface area contributed by atoms with Gasteiger partial charge in [-0.05, 0) is 17.6 Å². The van der Waals surface area contributed by atoms with Crippen LogP contribution in [0, 0.1) is 0 Å². The average molecular weight is 250 g/mol. The van der Waals surface area contributed by atoms with Crippen LogP contribution in [0.25, 0.3) is 0 Å². The van der Waals surface area contributed by atoms with E-state index in [1.165, 1.54) is 17.8 Å². The van der Waals surface area contributed by atoms with Gasteiger partial charge in [-0.3, -0.25) is 9.79 Å². The first-order valence-corrected chi connectivity index (χ1v) is 6.10. The van der Waals surface area contributed by atoms with Crippen LogP contribution in [0.1, 0.15) is 10.4 Å². The summed E-state index contributed by atoms with van der Waals surface area (Å²) >= 11 is 1.50. The molecule has 0 atom stereocenters. The number of benzene rings is 1. The van der Waals surface area contributed by atoms with Crippen LogP contribution in [0.4, 0.5) is 0 Å². The van der Waals surface area contributed by atoms with Crippen molar-refractivity contribution in [3.05, 3.63) is 29.8 Å². The Bertz CT molecular complexity index is 465. The minimum Gasteiger partial charge on any atom is -0.423 e. The van der Waals surface area contributed by atoms with Crippen LogP contribution in [0.2, 0.25) is 0 Å². The SMILES string of the molecule is O=C(NC1=NCCS1)c1cccc(B(O)O)c1. The number of amides is 1. The minimum absolute atomic E-state index is 0.290. The van der Waals surface area contributed by atoms with E-state index in [1.807, 2.05) is 0 Å². The van der Waals surface area contributed by atoms with E-state index < -0.39 is 7.12 Å². The van der Waals surface area contributed by atoms with E-state index in [4.69, 9.17) is 10.0 Å². The number of rotatable bonds is 2. The summed E-state index contributed by atoms with van der Waals surface area (Å²) in [6.45, 7) is 0.718. The topological polar surface area (TPSA) is 81.9 Å². The number of nitrogens with zero attached hydrogens (tertiary/aromatic N) is 1. The van der Waals surface area contributed by atoms with E-state index in [-0.39, 0.29) is 5.91 Å². The molecule has 0 bridgehead atoms. The van der Waals surface area contributed by atoms with Crippen molar-refractivity contribution in [1.82, 2.24) is 5.32 Å². The number of aliphatic imine (C=N–C) groups is 1. The largest absolute Gasteiger partial charge is 0.488 e. The standard InChI is InChI=1S/C10H11BN2O3S/c14-9(13-10-12-4-5-17-10)7-2-1-3-8(6-7)11(15)16/h1-3,6,15-16H,4-5H2,(H,12,13,14). The molecule has 0 fully saturated rings. The Labute approximate surface area is 103 Å². The number of carbonyl (C=O) groups excluding carboxylic acids is 1. The number of hydrogen-bond acceptors (Lipinski definition) is 5. The van der Waals surface area contributed by atoms with E-state index in [2.05, 4.69) is 10.3 Å². The molecule has 5 nitrogen and oxygen atoms in total. The van der Waals surface area contributed by atoms with Crippen molar-refractivity contribution < 1.29 is 14.8 Å². The van der Waals surface area contributed by atoms with Crippen molar-refractivity contribution in [3.8, 4) is 0 Å². The molecule has 1 heterocycles. The molecule has 88 valence electrons. The second kappa shape index (κ2) is 5.35. The molecule has 17 heavy (non-hydrogen) atoms. The van der Waals surface area contributed by atoms with Crippen molar-refractivity contribution in [2.75, 3.05) is 12.3 Å². The monoisotopic (exact) mass is 250 g/mol. The van der Waals surface area contributed by atoms with E-state index in [9.17, 15) is 4.79 Å². The molecule has 1 aliphatic rings. The maximum Gasteiger partial charge on any atom is 0.488 e. The maximum atomic E-state index is 11.8. The number of carbonyl (C=O) groups is 1. The summed E-state index contributed by atoms with van der Waals surface area (Å²) < 4.78 is 0. The lowest BCUT2D eigenvalue weighted by Crippen LogP contribution is -2.32. The molecular formula is C10H11BN2O3S. The Morgan fingerprint density at radius 2 is 2.29 bits per heavy atom. The smallest absolute Gasteiger partial charge is 0.423 e. The van der Waals surface area contributed by atoms with Gasteiger partial charge in [-0.15, -0.1) is 0 Å². The highest BCUT2D eigenvalue weighted by Gasteiger charge is 2.15. The molecule has 0 saturated heterocycles. The van der Waals surface area contributed by atoms with Gasteiger partial charge in [0.15, 0.2) is 5.17 Å². The first-order chi connectivity index (χ1) is 8.16.